The fraction of sp³-hybridized carbons (Fsp3) is 0.364. The van der Waals surface area contributed by atoms with Gasteiger partial charge in [0.2, 0.25) is 0 Å². The second-order valence-corrected chi connectivity index (χ2v) is 7.64. The third-order valence-electron chi connectivity index (χ3n) is 5.70. The van der Waals surface area contributed by atoms with Crippen molar-refractivity contribution in [1.82, 2.24) is 24.2 Å². The largest absolute Gasteiger partial charge is 0.380 e. The zero-order valence-corrected chi connectivity index (χ0v) is 17.4. The van der Waals surface area contributed by atoms with E-state index in [1.165, 1.54) is 11.6 Å². The molecule has 1 atom stereocenters. The topological polar surface area (TPSA) is 62.4 Å². The van der Waals surface area contributed by atoms with Crippen molar-refractivity contribution in [2.75, 3.05) is 31.1 Å². The summed E-state index contributed by atoms with van der Waals surface area (Å²) in [6, 6.07) is 4.86. The number of aliphatic hydroxyl groups excluding tert-OH is 1. The summed E-state index contributed by atoms with van der Waals surface area (Å²) in [6.07, 6.45) is 6.09. The molecule has 3 heterocycles. The molecule has 1 aliphatic rings. The predicted octanol–water partition coefficient (Wildman–Crippen LogP) is 2.57. The molecule has 1 fully saturated rings. The van der Waals surface area contributed by atoms with E-state index in [0.29, 0.717) is 30.2 Å². The van der Waals surface area contributed by atoms with Gasteiger partial charge >= 0.3 is 0 Å². The lowest BCUT2D eigenvalue weighted by Gasteiger charge is -2.37. The molecule has 1 N–H and O–H groups in total. The van der Waals surface area contributed by atoms with Gasteiger partial charge in [0.25, 0.3) is 0 Å². The van der Waals surface area contributed by atoms with Gasteiger partial charge in [-0.1, -0.05) is 18.7 Å². The molecule has 4 rings (SSSR count). The maximum Gasteiger partial charge on any atom is 0.146 e. The van der Waals surface area contributed by atoms with E-state index in [1.807, 2.05) is 25.1 Å². The maximum atomic E-state index is 14.9. The number of aromatic nitrogens is 4. The van der Waals surface area contributed by atoms with Crippen molar-refractivity contribution in [2.45, 2.75) is 19.6 Å². The van der Waals surface area contributed by atoms with Crippen LogP contribution in [0.1, 0.15) is 28.7 Å². The van der Waals surface area contributed by atoms with Crippen LogP contribution in [-0.2, 0) is 13.6 Å². The zero-order chi connectivity index (χ0) is 21.3. The Morgan fingerprint density at radius 2 is 2.03 bits per heavy atom. The Morgan fingerprint density at radius 3 is 2.67 bits per heavy atom. The number of benzene rings is 1. The number of aryl methyl sites for hydroxylation is 2. The van der Waals surface area contributed by atoms with Gasteiger partial charge in [0.1, 0.15) is 17.7 Å². The lowest BCUT2D eigenvalue weighted by molar-refractivity contribution is 0.205. The van der Waals surface area contributed by atoms with E-state index in [0.717, 1.165) is 25.3 Å². The van der Waals surface area contributed by atoms with Crippen LogP contribution < -0.4 is 4.90 Å². The van der Waals surface area contributed by atoms with E-state index in [2.05, 4.69) is 21.6 Å². The third-order valence-corrected chi connectivity index (χ3v) is 5.70. The third kappa shape index (κ3) is 3.88. The summed E-state index contributed by atoms with van der Waals surface area (Å²) in [5, 5.41) is 15.3. The molecule has 3 aromatic rings. The van der Waals surface area contributed by atoms with Gasteiger partial charge in [0.05, 0.1) is 11.4 Å². The summed E-state index contributed by atoms with van der Waals surface area (Å²) in [5.41, 5.74) is 3.16. The number of anilines is 1. The number of piperazine rings is 1. The molecule has 0 amide bonds. The highest BCUT2D eigenvalue weighted by molar-refractivity contribution is 5.57. The second kappa shape index (κ2) is 8.41. The minimum atomic E-state index is -0.985. The van der Waals surface area contributed by atoms with Crippen LogP contribution >= 0.6 is 0 Å². The van der Waals surface area contributed by atoms with Crippen molar-refractivity contribution >= 4 is 11.9 Å². The predicted molar refractivity (Wildman–Crippen MR) is 115 cm³/mol. The van der Waals surface area contributed by atoms with Crippen LogP contribution in [0.15, 0.2) is 43.4 Å². The number of nitrogens with zero attached hydrogens (tertiary/aromatic N) is 6. The number of hydrogen-bond acceptors (Lipinski definition) is 5. The molecular formula is C22H27FN6O. The van der Waals surface area contributed by atoms with Crippen molar-refractivity contribution in [3.8, 4) is 0 Å². The first-order valence-corrected chi connectivity index (χ1v) is 10.1. The van der Waals surface area contributed by atoms with E-state index in [1.54, 1.807) is 40.0 Å². The normalized spacial score (nSPS) is 16.1. The maximum absolute atomic E-state index is 14.9. The summed E-state index contributed by atoms with van der Waals surface area (Å²) in [5.74, 6) is 0.174. The summed E-state index contributed by atoms with van der Waals surface area (Å²) in [6.45, 7) is 9.49. The quantitative estimate of drug-likeness (QED) is 0.677. The van der Waals surface area contributed by atoms with Gasteiger partial charge < -0.3 is 14.6 Å². The lowest BCUT2D eigenvalue weighted by atomic mass is 10.0. The average molecular weight is 410 g/mol. The Bertz CT molecular complexity index is 1030. The highest BCUT2D eigenvalue weighted by Gasteiger charge is 2.27. The van der Waals surface area contributed by atoms with E-state index < -0.39 is 6.10 Å². The standard InChI is InChI=1S/C22H27FN6O/c1-4-29-15-17(16(2)25-29)14-27-10-12-28(13-11-27)20-18(6-5-7-19(20)23)21(30)22-24-8-9-26(22)3/h4-9,15,21,30H,1,10-14H2,2-3H3. The van der Waals surface area contributed by atoms with E-state index in [-0.39, 0.29) is 5.82 Å². The fourth-order valence-corrected chi connectivity index (χ4v) is 4.00. The minimum absolute atomic E-state index is 0.322. The molecule has 0 bridgehead atoms. The second-order valence-electron chi connectivity index (χ2n) is 7.64. The van der Waals surface area contributed by atoms with Crippen molar-refractivity contribution in [1.29, 1.82) is 0 Å². The van der Waals surface area contributed by atoms with Crippen LogP contribution in [0.3, 0.4) is 0 Å². The molecule has 0 spiro atoms. The molecule has 1 aromatic carbocycles. The van der Waals surface area contributed by atoms with Gasteiger partial charge in [-0.05, 0) is 13.0 Å². The Balaban J connectivity index is 1.50. The van der Waals surface area contributed by atoms with Crippen LogP contribution in [0, 0.1) is 12.7 Å². The van der Waals surface area contributed by atoms with Gasteiger partial charge in [-0.3, -0.25) is 4.90 Å². The number of imidazole rings is 1. The number of para-hydroxylation sites is 1. The fourth-order valence-electron chi connectivity index (χ4n) is 4.00. The van der Waals surface area contributed by atoms with Gasteiger partial charge in [-0.25, -0.2) is 14.1 Å². The average Bonchev–Trinajstić information content (AvgIpc) is 3.33. The first-order valence-electron chi connectivity index (χ1n) is 10.1. The number of hydrogen-bond donors (Lipinski definition) is 1. The van der Waals surface area contributed by atoms with Gasteiger partial charge in [0.15, 0.2) is 0 Å². The molecule has 0 aliphatic carbocycles. The molecule has 1 unspecified atom stereocenters. The molecule has 0 saturated carbocycles. The Labute approximate surface area is 175 Å². The number of aliphatic hydroxyl groups is 1. The summed E-state index contributed by atoms with van der Waals surface area (Å²) in [4.78, 5) is 8.59. The highest BCUT2D eigenvalue weighted by Crippen LogP contribution is 2.33. The van der Waals surface area contributed by atoms with Crippen molar-refractivity contribution < 1.29 is 9.50 Å². The highest BCUT2D eigenvalue weighted by atomic mass is 19.1. The van der Waals surface area contributed by atoms with Crippen molar-refractivity contribution in [3.05, 3.63) is 71.8 Å². The minimum Gasteiger partial charge on any atom is -0.380 e. The summed E-state index contributed by atoms with van der Waals surface area (Å²) >= 11 is 0. The molecule has 30 heavy (non-hydrogen) atoms. The van der Waals surface area contributed by atoms with Crippen LogP contribution in [0.25, 0.3) is 6.20 Å². The van der Waals surface area contributed by atoms with Crippen LogP contribution in [0.2, 0.25) is 0 Å². The summed E-state index contributed by atoms with van der Waals surface area (Å²) in [7, 11) is 1.82. The molecule has 7 nitrogen and oxygen atoms in total. The van der Waals surface area contributed by atoms with Crippen LogP contribution in [0.5, 0.6) is 0 Å². The molecule has 1 saturated heterocycles. The number of halogens is 1. The van der Waals surface area contributed by atoms with Gasteiger partial charge in [-0.2, -0.15) is 5.10 Å². The van der Waals surface area contributed by atoms with Crippen molar-refractivity contribution in [2.24, 2.45) is 7.05 Å². The summed E-state index contributed by atoms with van der Waals surface area (Å²) < 4.78 is 18.3. The molecule has 2 aromatic heterocycles. The van der Waals surface area contributed by atoms with E-state index in [9.17, 15) is 9.50 Å². The zero-order valence-electron chi connectivity index (χ0n) is 17.4. The Hall–Kier alpha value is -2.97. The SMILES string of the molecule is C=Cn1cc(CN2CCN(c3c(F)cccc3C(O)c3nccn3C)CC2)c(C)n1. The van der Waals surface area contributed by atoms with Crippen LogP contribution in [-0.4, -0.2) is 55.5 Å². The molecule has 1 aliphatic heterocycles. The van der Waals surface area contributed by atoms with E-state index in [4.69, 9.17) is 0 Å². The van der Waals surface area contributed by atoms with Gasteiger partial charge in [0, 0.05) is 75.7 Å². The van der Waals surface area contributed by atoms with Crippen LogP contribution in [0.4, 0.5) is 10.1 Å². The lowest BCUT2D eigenvalue weighted by Crippen LogP contribution is -2.46. The first kappa shape index (κ1) is 20.3. The first-order chi connectivity index (χ1) is 14.5. The molecular weight excluding hydrogens is 383 g/mol. The molecule has 158 valence electrons. The molecule has 8 heteroatoms. The monoisotopic (exact) mass is 410 g/mol. The number of rotatable bonds is 6. The smallest absolute Gasteiger partial charge is 0.146 e. The van der Waals surface area contributed by atoms with Gasteiger partial charge in [-0.15, -0.1) is 0 Å². The Morgan fingerprint density at radius 1 is 1.27 bits per heavy atom. The Kier molecular flexibility index (Phi) is 5.69. The van der Waals surface area contributed by atoms with Crippen molar-refractivity contribution in [3.63, 3.8) is 0 Å². The van der Waals surface area contributed by atoms with E-state index >= 15 is 0 Å². The molecule has 0 radical (unpaired) electrons.